The van der Waals surface area contributed by atoms with Crippen molar-refractivity contribution in [1.82, 2.24) is 0 Å². The third kappa shape index (κ3) is 3.98. The standard InChI is InChI=1S/C16H15ClN2O4/c1-3-23-15-7-4-11(17)9-13(15)16(20)18-14-6-5-12(19(21)22)8-10(14)2/h4-9H,3H2,1-2H3,(H,18,20). The number of nitrogens with one attached hydrogen (secondary N) is 1. The van der Waals surface area contributed by atoms with Gasteiger partial charge in [0.2, 0.25) is 0 Å². The van der Waals surface area contributed by atoms with Crippen LogP contribution in [0.1, 0.15) is 22.8 Å². The Labute approximate surface area is 138 Å². The van der Waals surface area contributed by atoms with Crippen LogP contribution in [0.3, 0.4) is 0 Å². The molecule has 2 aromatic rings. The predicted octanol–water partition coefficient (Wildman–Crippen LogP) is 4.21. The number of carbonyl (C=O) groups excluding carboxylic acids is 1. The molecule has 0 spiro atoms. The van der Waals surface area contributed by atoms with Gasteiger partial charge in [-0.3, -0.25) is 14.9 Å². The lowest BCUT2D eigenvalue weighted by Crippen LogP contribution is -2.14. The first-order chi connectivity index (χ1) is 10.9. The Morgan fingerprint density at radius 3 is 2.65 bits per heavy atom. The van der Waals surface area contributed by atoms with E-state index in [9.17, 15) is 14.9 Å². The molecule has 23 heavy (non-hydrogen) atoms. The summed E-state index contributed by atoms with van der Waals surface area (Å²) in [7, 11) is 0. The van der Waals surface area contributed by atoms with Crippen molar-refractivity contribution in [2.24, 2.45) is 0 Å². The summed E-state index contributed by atoms with van der Waals surface area (Å²) in [6.45, 7) is 3.92. The number of nitrogens with zero attached hydrogens (tertiary/aromatic N) is 1. The molecule has 1 amide bonds. The van der Waals surface area contributed by atoms with Crippen LogP contribution in [0.4, 0.5) is 11.4 Å². The van der Waals surface area contributed by atoms with Gasteiger partial charge in [-0.2, -0.15) is 0 Å². The smallest absolute Gasteiger partial charge is 0.269 e. The van der Waals surface area contributed by atoms with Crippen molar-refractivity contribution in [3.8, 4) is 5.75 Å². The van der Waals surface area contributed by atoms with Gasteiger partial charge < -0.3 is 10.1 Å². The number of nitro benzene ring substituents is 1. The van der Waals surface area contributed by atoms with Gasteiger partial charge in [-0.05, 0) is 43.7 Å². The van der Waals surface area contributed by atoms with Gasteiger partial charge in [0.05, 0.1) is 17.1 Å². The van der Waals surface area contributed by atoms with Gasteiger partial charge in [0, 0.05) is 22.8 Å². The molecular formula is C16H15ClN2O4. The Morgan fingerprint density at radius 2 is 2.04 bits per heavy atom. The zero-order valence-corrected chi connectivity index (χ0v) is 13.4. The summed E-state index contributed by atoms with van der Waals surface area (Å²) in [6.07, 6.45) is 0. The van der Waals surface area contributed by atoms with Crippen molar-refractivity contribution in [1.29, 1.82) is 0 Å². The predicted molar refractivity (Wildman–Crippen MR) is 88.4 cm³/mol. The van der Waals surface area contributed by atoms with Gasteiger partial charge in [0.1, 0.15) is 5.75 Å². The molecule has 120 valence electrons. The molecule has 2 rings (SSSR count). The zero-order valence-electron chi connectivity index (χ0n) is 12.6. The average molecular weight is 335 g/mol. The van der Waals surface area contributed by atoms with Gasteiger partial charge in [-0.25, -0.2) is 0 Å². The highest BCUT2D eigenvalue weighted by Crippen LogP contribution is 2.26. The largest absolute Gasteiger partial charge is 0.493 e. The monoisotopic (exact) mass is 334 g/mol. The SMILES string of the molecule is CCOc1ccc(Cl)cc1C(=O)Nc1ccc([N+](=O)[O-])cc1C. The fourth-order valence-corrected chi connectivity index (χ4v) is 2.22. The number of non-ortho nitro benzene ring substituents is 1. The summed E-state index contributed by atoms with van der Waals surface area (Å²) in [4.78, 5) is 22.7. The minimum atomic E-state index is -0.483. The van der Waals surface area contributed by atoms with Gasteiger partial charge in [0.25, 0.3) is 11.6 Å². The van der Waals surface area contributed by atoms with Crippen LogP contribution in [0.15, 0.2) is 36.4 Å². The topological polar surface area (TPSA) is 81.5 Å². The fourth-order valence-electron chi connectivity index (χ4n) is 2.05. The van der Waals surface area contributed by atoms with Crippen LogP contribution in [0.25, 0.3) is 0 Å². The lowest BCUT2D eigenvalue weighted by molar-refractivity contribution is -0.384. The molecule has 0 bridgehead atoms. The number of ether oxygens (including phenoxy) is 1. The lowest BCUT2D eigenvalue weighted by Gasteiger charge is -2.12. The lowest BCUT2D eigenvalue weighted by atomic mass is 10.1. The highest BCUT2D eigenvalue weighted by Gasteiger charge is 2.15. The van der Waals surface area contributed by atoms with Crippen molar-refractivity contribution in [2.75, 3.05) is 11.9 Å². The summed E-state index contributed by atoms with van der Waals surface area (Å²) in [5, 5.41) is 13.9. The van der Waals surface area contributed by atoms with E-state index < -0.39 is 10.8 Å². The van der Waals surface area contributed by atoms with E-state index in [1.165, 1.54) is 24.3 Å². The van der Waals surface area contributed by atoms with E-state index in [0.29, 0.717) is 34.2 Å². The quantitative estimate of drug-likeness (QED) is 0.656. The number of hydrogen-bond acceptors (Lipinski definition) is 4. The third-order valence-electron chi connectivity index (χ3n) is 3.16. The second-order valence-corrected chi connectivity index (χ2v) is 5.22. The van der Waals surface area contributed by atoms with Gasteiger partial charge >= 0.3 is 0 Å². The maximum atomic E-state index is 12.4. The summed E-state index contributed by atoms with van der Waals surface area (Å²) in [5.74, 6) is 0.0295. The number of aryl methyl sites for hydroxylation is 1. The Morgan fingerprint density at radius 1 is 1.30 bits per heavy atom. The van der Waals surface area contributed by atoms with E-state index in [-0.39, 0.29) is 5.69 Å². The maximum Gasteiger partial charge on any atom is 0.269 e. The van der Waals surface area contributed by atoms with E-state index in [0.717, 1.165) is 0 Å². The van der Waals surface area contributed by atoms with Crippen molar-refractivity contribution in [3.05, 3.63) is 62.7 Å². The summed E-state index contributed by atoms with van der Waals surface area (Å²) in [5.41, 5.74) is 1.35. The molecule has 0 saturated heterocycles. The fraction of sp³-hybridized carbons (Fsp3) is 0.188. The molecule has 0 aliphatic heterocycles. The van der Waals surface area contributed by atoms with Gasteiger partial charge in [-0.1, -0.05) is 11.6 Å². The number of halogens is 1. The van der Waals surface area contributed by atoms with Crippen LogP contribution >= 0.6 is 11.6 Å². The third-order valence-corrected chi connectivity index (χ3v) is 3.39. The first kappa shape index (κ1) is 16.8. The second-order valence-electron chi connectivity index (χ2n) is 4.78. The van der Waals surface area contributed by atoms with Crippen molar-refractivity contribution < 1.29 is 14.5 Å². The van der Waals surface area contributed by atoms with E-state index in [1.807, 2.05) is 6.92 Å². The molecule has 0 aliphatic rings. The molecule has 0 aromatic heterocycles. The molecule has 7 heteroatoms. The normalized spacial score (nSPS) is 10.2. The minimum absolute atomic E-state index is 0.0294. The Hall–Kier alpha value is -2.60. The van der Waals surface area contributed by atoms with Gasteiger partial charge in [-0.15, -0.1) is 0 Å². The minimum Gasteiger partial charge on any atom is -0.493 e. The number of benzene rings is 2. The van der Waals surface area contributed by atoms with E-state index in [4.69, 9.17) is 16.3 Å². The number of hydrogen-bond donors (Lipinski definition) is 1. The van der Waals surface area contributed by atoms with E-state index in [1.54, 1.807) is 19.1 Å². The molecule has 0 aliphatic carbocycles. The van der Waals surface area contributed by atoms with E-state index >= 15 is 0 Å². The number of carbonyl (C=O) groups is 1. The first-order valence-electron chi connectivity index (χ1n) is 6.91. The van der Waals surface area contributed by atoms with Crippen LogP contribution in [-0.4, -0.2) is 17.4 Å². The molecule has 0 saturated carbocycles. The summed E-state index contributed by atoms with van der Waals surface area (Å²) < 4.78 is 5.42. The van der Waals surface area contributed by atoms with Crippen molar-refractivity contribution in [2.45, 2.75) is 13.8 Å². The van der Waals surface area contributed by atoms with Crippen LogP contribution in [-0.2, 0) is 0 Å². The molecule has 2 aromatic carbocycles. The van der Waals surface area contributed by atoms with Crippen LogP contribution in [0, 0.1) is 17.0 Å². The molecular weight excluding hydrogens is 320 g/mol. The molecule has 0 fully saturated rings. The number of amides is 1. The summed E-state index contributed by atoms with van der Waals surface area (Å²) in [6, 6.07) is 9.02. The first-order valence-corrected chi connectivity index (χ1v) is 7.29. The van der Waals surface area contributed by atoms with Crippen molar-refractivity contribution in [3.63, 3.8) is 0 Å². The maximum absolute atomic E-state index is 12.4. The average Bonchev–Trinajstić information content (AvgIpc) is 2.51. The molecule has 0 atom stereocenters. The Bertz CT molecular complexity index is 762. The molecule has 0 radical (unpaired) electrons. The van der Waals surface area contributed by atoms with Gasteiger partial charge in [0.15, 0.2) is 0 Å². The van der Waals surface area contributed by atoms with Crippen LogP contribution in [0.2, 0.25) is 5.02 Å². The van der Waals surface area contributed by atoms with E-state index in [2.05, 4.69) is 5.32 Å². The number of rotatable bonds is 5. The van der Waals surface area contributed by atoms with Crippen LogP contribution < -0.4 is 10.1 Å². The Kier molecular flexibility index (Phi) is 5.18. The highest BCUT2D eigenvalue weighted by molar-refractivity contribution is 6.31. The zero-order chi connectivity index (χ0) is 17.0. The second kappa shape index (κ2) is 7.11. The van der Waals surface area contributed by atoms with Crippen molar-refractivity contribution >= 4 is 28.9 Å². The molecule has 0 heterocycles. The number of nitro groups is 1. The van der Waals surface area contributed by atoms with Crippen LogP contribution in [0.5, 0.6) is 5.75 Å². The highest BCUT2D eigenvalue weighted by atomic mass is 35.5. The summed E-state index contributed by atoms with van der Waals surface area (Å²) >= 11 is 5.94. The molecule has 0 unspecified atom stereocenters. The molecule has 1 N–H and O–H groups in total. The number of anilines is 1. The Balaban J connectivity index is 2.29. The molecule has 6 nitrogen and oxygen atoms in total.